The second kappa shape index (κ2) is 5.92. The summed E-state index contributed by atoms with van der Waals surface area (Å²) in [5, 5.41) is 12.9. The lowest BCUT2D eigenvalue weighted by atomic mass is 10.1. The summed E-state index contributed by atoms with van der Waals surface area (Å²) in [6, 6.07) is 9.73. The van der Waals surface area contributed by atoms with Crippen molar-refractivity contribution in [2.24, 2.45) is 0 Å². The van der Waals surface area contributed by atoms with Crippen LogP contribution in [-0.2, 0) is 12.8 Å². The summed E-state index contributed by atoms with van der Waals surface area (Å²) in [4.78, 5) is 14.7. The van der Waals surface area contributed by atoms with E-state index < -0.39 is 0 Å². The number of hydrogen-bond acceptors (Lipinski definition) is 4. The molecule has 0 atom stereocenters. The van der Waals surface area contributed by atoms with Crippen LogP contribution in [0.15, 0.2) is 29.2 Å². The van der Waals surface area contributed by atoms with Crippen LogP contribution in [0.3, 0.4) is 0 Å². The van der Waals surface area contributed by atoms with Gasteiger partial charge in [-0.05, 0) is 55.3 Å². The molecule has 0 radical (unpaired) electrons. The van der Waals surface area contributed by atoms with Crippen molar-refractivity contribution in [2.45, 2.75) is 24.2 Å². The second-order valence-electron chi connectivity index (χ2n) is 4.86. The number of thiophene rings is 1. The maximum atomic E-state index is 12.3. The first-order valence-corrected chi connectivity index (χ1v) is 8.77. The van der Waals surface area contributed by atoms with Crippen molar-refractivity contribution in [1.29, 1.82) is 5.26 Å². The van der Waals surface area contributed by atoms with E-state index in [2.05, 4.69) is 11.4 Å². The van der Waals surface area contributed by atoms with Crippen LogP contribution in [0.4, 0.5) is 5.00 Å². The van der Waals surface area contributed by atoms with Crippen molar-refractivity contribution in [3.8, 4) is 6.07 Å². The van der Waals surface area contributed by atoms with Crippen molar-refractivity contribution >= 4 is 34.0 Å². The van der Waals surface area contributed by atoms with Gasteiger partial charge in [-0.25, -0.2) is 0 Å². The lowest BCUT2D eigenvalue weighted by Gasteiger charge is -2.05. The lowest BCUT2D eigenvalue weighted by molar-refractivity contribution is 0.102. The number of fused-ring (bicyclic) bond motifs is 1. The normalized spacial score (nSPS) is 12.8. The molecule has 1 N–H and O–H groups in total. The minimum absolute atomic E-state index is 0.154. The molecular weight excluding hydrogens is 300 g/mol. The Bertz CT molecular complexity index is 726. The molecule has 1 aromatic carbocycles. The Labute approximate surface area is 132 Å². The molecule has 1 amide bonds. The van der Waals surface area contributed by atoms with Crippen LogP contribution in [0, 0.1) is 11.3 Å². The number of hydrogen-bond donors (Lipinski definition) is 1. The Hall–Kier alpha value is -1.77. The average Bonchev–Trinajstić information content (AvgIpc) is 3.07. The van der Waals surface area contributed by atoms with E-state index >= 15 is 0 Å². The number of carbonyl (C=O) groups excluding carboxylic acids is 1. The van der Waals surface area contributed by atoms with E-state index in [1.54, 1.807) is 23.1 Å². The third-order valence-electron chi connectivity index (χ3n) is 3.61. The first-order chi connectivity index (χ1) is 10.2. The van der Waals surface area contributed by atoms with E-state index in [9.17, 15) is 10.1 Å². The van der Waals surface area contributed by atoms with E-state index in [0.717, 1.165) is 29.7 Å². The van der Waals surface area contributed by atoms with Crippen LogP contribution in [0.2, 0.25) is 0 Å². The van der Waals surface area contributed by atoms with Gasteiger partial charge < -0.3 is 5.32 Å². The van der Waals surface area contributed by atoms with Crippen LogP contribution in [-0.4, -0.2) is 12.2 Å². The fraction of sp³-hybridized carbons (Fsp3) is 0.250. The molecule has 2 aromatic rings. The van der Waals surface area contributed by atoms with Crippen LogP contribution in [0.5, 0.6) is 0 Å². The fourth-order valence-corrected chi connectivity index (χ4v) is 4.17. The van der Waals surface area contributed by atoms with Gasteiger partial charge >= 0.3 is 0 Å². The molecule has 21 heavy (non-hydrogen) atoms. The summed E-state index contributed by atoms with van der Waals surface area (Å²) >= 11 is 3.19. The maximum Gasteiger partial charge on any atom is 0.256 e. The predicted octanol–water partition coefficient (Wildman–Crippen LogP) is 4.08. The first-order valence-electron chi connectivity index (χ1n) is 6.73. The van der Waals surface area contributed by atoms with Crippen molar-refractivity contribution in [3.63, 3.8) is 0 Å². The number of carbonyl (C=O) groups is 1. The quantitative estimate of drug-likeness (QED) is 0.868. The summed E-state index contributed by atoms with van der Waals surface area (Å²) in [6.07, 6.45) is 5.08. The van der Waals surface area contributed by atoms with Crippen molar-refractivity contribution < 1.29 is 4.79 Å². The minimum Gasteiger partial charge on any atom is -0.312 e. The summed E-state index contributed by atoms with van der Waals surface area (Å²) in [6.45, 7) is 0. The molecule has 1 heterocycles. The van der Waals surface area contributed by atoms with Crippen LogP contribution in [0.25, 0.3) is 0 Å². The van der Waals surface area contributed by atoms with Gasteiger partial charge in [-0.2, -0.15) is 5.26 Å². The number of nitrogens with one attached hydrogen (secondary N) is 1. The van der Waals surface area contributed by atoms with E-state index in [1.807, 2.05) is 30.5 Å². The largest absolute Gasteiger partial charge is 0.312 e. The molecule has 0 aliphatic heterocycles. The number of benzene rings is 1. The van der Waals surface area contributed by atoms with Gasteiger partial charge in [-0.15, -0.1) is 23.1 Å². The van der Waals surface area contributed by atoms with E-state index in [4.69, 9.17) is 0 Å². The zero-order chi connectivity index (χ0) is 14.8. The van der Waals surface area contributed by atoms with Gasteiger partial charge in [0.2, 0.25) is 0 Å². The van der Waals surface area contributed by atoms with Gasteiger partial charge in [0.05, 0.1) is 5.56 Å². The number of nitriles is 1. The molecule has 0 unspecified atom stereocenters. The van der Waals surface area contributed by atoms with Gasteiger partial charge in [-0.3, -0.25) is 4.79 Å². The molecular formula is C16H14N2OS2. The lowest BCUT2D eigenvalue weighted by Crippen LogP contribution is -2.11. The molecule has 1 aliphatic carbocycles. The molecule has 5 heteroatoms. The van der Waals surface area contributed by atoms with Crippen LogP contribution < -0.4 is 5.32 Å². The molecule has 106 valence electrons. The number of amides is 1. The van der Waals surface area contributed by atoms with E-state index in [0.29, 0.717) is 16.1 Å². The Balaban J connectivity index is 1.83. The second-order valence-corrected chi connectivity index (χ2v) is 6.84. The predicted molar refractivity (Wildman–Crippen MR) is 87.2 cm³/mol. The molecule has 0 bridgehead atoms. The average molecular weight is 314 g/mol. The summed E-state index contributed by atoms with van der Waals surface area (Å²) < 4.78 is 0. The standard InChI is InChI=1S/C16H14N2OS2/c1-20-11-7-5-10(6-8-11)15(19)18-16-13(9-17)12-3-2-4-14(12)21-16/h5-8H,2-4H2,1H3,(H,18,19). The van der Waals surface area contributed by atoms with Crippen molar-refractivity contribution in [2.75, 3.05) is 11.6 Å². The summed E-state index contributed by atoms with van der Waals surface area (Å²) in [5.41, 5.74) is 2.40. The van der Waals surface area contributed by atoms with Gasteiger partial charge in [0.15, 0.2) is 0 Å². The van der Waals surface area contributed by atoms with Gasteiger partial charge in [-0.1, -0.05) is 0 Å². The van der Waals surface area contributed by atoms with Gasteiger partial charge in [0.25, 0.3) is 5.91 Å². The van der Waals surface area contributed by atoms with Crippen molar-refractivity contribution in [3.05, 3.63) is 45.8 Å². The zero-order valence-corrected chi connectivity index (χ0v) is 13.2. The van der Waals surface area contributed by atoms with E-state index in [1.165, 1.54) is 4.88 Å². The van der Waals surface area contributed by atoms with Gasteiger partial charge in [0.1, 0.15) is 11.1 Å². The Morgan fingerprint density at radius 3 is 2.76 bits per heavy atom. The fourth-order valence-electron chi connectivity index (χ4n) is 2.53. The van der Waals surface area contributed by atoms with Gasteiger partial charge in [0, 0.05) is 15.3 Å². The zero-order valence-electron chi connectivity index (χ0n) is 11.6. The first kappa shape index (κ1) is 14.2. The monoisotopic (exact) mass is 314 g/mol. The topological polar surface area (TPSA) is 52.9 Å². The Kier molecular flexibility index (Phi) is 4.00. The Morgan fingerprint density at radius 2 is 2.10 bits per heavy atom. The van der Waals surface area contributed by atoms with E-state index in [-0.39, 0.29) is 5.91 Å². The molecule has 3 nitrogen and oxygen atoms in total. The SMILES string of the molecule is CSc1ccc(C(=O)Nc2sc3c(c2C#N)CCC3)cc1. The molecule has 3 rings (SSSR count). The maximum absolute atomic E-state index is 12.3. The molecule has 1 aromatic heterocycles. The number of anilines is 1. The highest BCUT2D eigenvalue weighted by Gasteiger charge is 2.23. The molecule has 0 spiro atoms. The highest BCUT2D eigenvalue weighted by Crippen LogP contribution is 2.38. The smallest absolute Gasteiger partial charge is 0.256 e. The minimum atomic E-state index is -0.154. The van der Waals surface area contributed by atoms with Crippen LogP contribution >= 0.6 is 23.1 Å². The molecule has 1 aliphatic rings. The summed E-state index contributed by atoms with van der Waals surface area (Å²) in [5.74, 6) is -0.154. The molecule has 0 saturated heterocycles. The third-order valence-corrected chi connectivity index (χ3v) is 5.56. The number of thioether (sulfide) groups is 1. The Morgan fingerprint density at radius 1 is 1.33 bits per heavy atom. The van der Waals surface area contributed by atoms with Crippen LogP contribution in [0.1, 0.15) is 32.8 Å². The highest BCUT2D eigenvalue weighted by molar-refractivity contribution is 7.98. The van der Waals surface area contributed by atoms with Crippen molar-refractivity contribution in [1.82, 2.24) is 0 Å². The molecule has 0 fully saturated rings. The molecule has 0 saturated carbocycles. The number of rotatable bonds is 3. The number of nitrogens with zero attached hydrogens (tertiary/aromatic N) is 1. The number of aryl methyl sites for hydroxylation is 1. The summed E-state index contributed by atoms with van der Waals surface area (Å²) in [7, 11) is 0. The highest BCUT2D eigenvalue weighted by atomic mass is 32.2. The third kappa shape index (κ3) is 2.69.